The lowest BCUT2D eigenvalue weighted by molar-refractivity contribution is -0.134. The first-order chi connectivity index (χ1) is 10.6. The maximum atomic E-state index is 9.58. The second-order valence-electron chi connectivity index (χ2n) is 3.03. The summed E-state index contributed by atoms with van der Waals surface area (Å²) in [6.07, 6.45) is 5.27. The SMILES string of the molecule is CSCC(=O)O.CSCC(=O)O.CSCC(=O)O.O=C(O)CS. The largest absolute Gasteiger partial charge is 0.481 e. The van der Waals surface area contributed by atoms with E-state index in [1.807, 2.05) is 0 Å². The normalized spacial score (nSPS) is 8.00. The van der Waals surface area contributed by atoms with Crippen LogP contribution < -0.4 is 0 Å². The lowest BCUT2D eigenvalue weighted by Crippen LogP contribution is -1.95. The maximum Gasteiger partial charge on any atom is 0.313 e. The number of carboxylic acids is 4. The van der Waals surface area contributed by atoms with Crippen LogP contribution in [0.5, 0.6) is 0 Å². The zero-order chi connectivity index (χ0) is 19.3. The smallest absolute Gasteiger partial charge is 0.313 e. The van der Waals surface area contributed by atoms with Crippen LogP contribution in [0.25, 0.3) is 0 Å². The fraction of sp³-hybridized carbons (Fsp3) is 0.636. The van der Waals surface area contributed by atoms with Crippen LogP contribution in [0.3, 0.4) is 0 Å². The standard InChI is InChI=1S/3C3H6O2S.C2H4O2S/c3*1-6-2-3(4)5;3-2(4)1-5/h3*2H2,1H3,(H,4,5);5H,1H2,(H,3,4). The molecule has 0 aliphatic heterocycles. The maximum absolute atomic E-state index is 9.58. The molecule has 0 fully saturated rings. The van der Waals surface area contributed by atoms with E-state index >= 15 is 0 Å². The van der Waals surface area contributed by atoms with E-state index in [4.69, 9.17) is 20.4 Å². The van der Waals surface area contributed by atoms with Gasteiger partial charge < -0.3 is 20.4 Å². The first kappa shape index (κ1) is 30.2. The minimum Gasteiger partial charge on any atom is -0.481 e. The van der Waals surface area contributed by atoms with Crippen molar-refractivity contribution >= 4 is 71.8 Å². The van der Waals surface area contributed by atoms with Gasteiger partial charge in [-0.15, -0.1) is 0 Å². The Morgan fingerprint density at radius 2 is 0.826 bits per heavy atom. The summed E-state index contributed by atoms with van der Waals surface area (Å²) in [7, 11) is 0. The third-order valence-corrected chi connectivity index (χ3v) is 2.82. The average Bonchev–Trinajstić information content (AvgIpc) is 2.40. The molecule has 0 aromatic carbocycles. The van der Waals surface area contributed by atoms with E-state index in [-0.39, 0.29) is 23.0 Å². The van der Waals surface area contributed by atoms with E-state index in [2.05, 4.69) is 12.6 Å². The zero-order valence-corrected chi connectivity index (χ0v) is 16.3. The summed E-state index contributed by atoms with van der Waals surface area (Å²) in [5.74, 6) is -2.58. The van der Waals surface area contributed by atoms with Gasteiger partial charge in [0.05, 0.1) is 23.0 Å². The molecule has 8 nitrogen and oxygen atoms in total. The Bertz CT molecular complexity index is 287. The fourth-order valence-corrected chi connectivity index (χ4v) is 1.11. The molecule has 0 aromatic rings. The van der Waals surface area contributed by atoms with Crippen molar-refractivity contribution in [3.63, 3.8) is 0 Å². The third-order valence-electron chi connectivity index (χ3n) is 0.939. The Morgan fingerprint density at radius 3 is 0.826 bits per heavy atom. The molecule has 0 aliphatic rings. The van der Waals surface area contributed by atoms with Gasteiger partial charge in [-0.25, -0.2) is 0 Å². The van der Waals surface area contributed by atoms with Gasteiger partial charge in [0, 0.05) is 0 Å². The number of thiol groups is 1. The molecule has 0 rings (SSSR count). The average molecular weight is 411 g/mol. The summed E-state index contributed by atoms with van der Waals surface area (Å²) in [5.41, 5.74) is 0. The molecule has 0 bridgehead atoms. The zero-order valence-electron chi connectivity index (χ0n) is 12.9. The van der Waals surface area contributed by atoms with Crippen LogP contribution in [0, 0.1) is 0 Å². The Morgan fingerprint density at radius 1 is 0.652 bits per heavy atom. The molecule has 0 aliphatic carbocycles. The van der Waals surface area contributed by atoms with Gasteiger partial charge in [0.15, 0.2) is 0 Å². The van der Waals surface area contributed by atoms with E-state index in [9.17, 15) is 19.2 Å². The van der Waals surface area contributed by atoms with Gasteiger partial charge in [0.2, 0.25) is 0 Å². The molecule has 4 N–H and O–H groups in total. The molecule has 138 valence electrons. The molecule has 0 heterocycles. The molecule has 0 aromatic heterocycles. The monoisotopic (exact) mass is 410 g/mol. The lowest BCUT2D eigenvalue weighted by Gasteiger charge is -1.80. The molecule has 0 amide bonds. The van der Waals surface area contributed by atoms with Crippen molar-refractivity contribution in [1.29, 1.82) is 0 Å². The van der Waals surface area contributed by atoms with E-state index in [0.717, 1.165) is 0 Å². The van der Waals surface area contributed by atoms with Gasteiger partial charge in [-0.2, -0.15) is 47.9 Å². The molecule has 23 heavy (non-hydrogen) atoms. The quantitative estimate of drug-likeness (QED) is 0.386. The minimum atomic E-state index is -0.881. The van der Waals surface area contributed by atoms with Crippen LogP contribution >= 0.6 is 47.9 Å². The molecule has 0 atom stereocenters. The molecule has 0 spiro atoms. The first-order valence-corrected chi connectivity index (χ1v) is 10.3. The number of hydrogen-bond acceptors (Lipinski definition) is 8. The molecule has 0 saturated heterocycles. The van der Waals surface area contributed by atoms with Crippen molar-refractivity contribution in [2.75, 3.05) is 41.8 Å². The van der Waals surface area contributed by atoms with Crippen LogP contribution in [0.1, 0.15) is 0 Å². The van der Waals surface area contributed by atoms with E-state index in [1.165, 1.54) is 35.3 Å². The van der Waals surface area contributed by atoms with Crippen molar-refractivity contribution in [2.45, 2.75) is 0 Å². The number of hydrogen-bond donors (Lipinski definition) is 5. The van der Waals surface area contributed by atoms with Crippen molar-refractivity contribution < 1.29 is 39.6 Å². The summed E-state index contributed by atoms with van der Waals surface area (Å²) in [5, 5.41) is 31.3. The molecule has 12 heteroatoms. The summed E-state index contributed by atoms with van der Waals surface area (Å²) in [6, 6.07) is 0. The molecular weight excluding hydrogens is 388 g/mol. The lowest BCUT2D eigenvalue weighted by atomic mass is 10.8. The van der Waals surface area contributed by atoms with Crippen LogP contribution in [0.4, 0.5) is 0 Å². The number of carbonyl (C=O) groups is 4. The summed E-state index contributed by atoms with van der Waals surface area (Å²) in [6.45, 7) is 0. The third kappa shape index (κ3) is 74.9. The van der Waals surface area contributed by atoms with Crippen LogP contribution in [-0.4, -0.2) is 86.1 Å². The number of aliphatic carboxylic acids is 4. The van der Waals surface area contributed by atoms with E-state index in [1.54, 1.807) is 18.8 Å². The van der Waals surface area contributed by atoms with Crippen LogP contribution in [0.2, 0.25) is 0 Å². The Kier molecular flexibility index (Phi) is 34.4. The van der Waals surface area contributed by atoms with Gasteiger partial charge in [-0.1, -0.05) is 0 Å². The Labute approximate surface area is 153 Å². The van der Waals surface area contributed by atoms with Crippen molar-refractivity contribution in [3.8, 4) is 0 Å². The molecule has 0 saturated carbocycles. The first-order valence-electron chi connectivity index (χ1n) is 5.53. The summed E-state index contributed by atoms with van der Waals surface area (Å²) in [4.78, 5) is 38.0. The number of thioether (sulfide) groups is 3. The molecule has 0 unspecified atom stereocenters. The highest BCUT2D eigenvalue weighted by Gasteiger charge is 1.89. The van der Waals surface area contributed by atoms with Gasteiger partial charge >= 0.3 is 23.9 Å². The molecular formula is C11H22O8S4. The number of carboxylic acid groups (broad SMARTS) is 4. The fourth-order valence-electron chi connectivity index (χ4n) is 0.370. The predicted molar refractivity (Wildman–Crippen MR) is 99.5 cm³/mol. The predicted octanol–water partition coefficient (Wildman–Crippen LogP) is 1.30. The highest BCUT2D eigenvalue weighted by atomic mass is 32.2. The summed E-state index contributed by atoms with van der Waals surface area (Å²) < 4.78 is 0. The van der Waals surface area contributed by atoms with Crippen LogP contribution in [-0.2, 0) is 19.2 Å². The highest BCUT2D eigenvalue weighted by Crippen LogP contribution is 1.88. The minimum absolute atomic E-state index is 0.0833. The van der Waals surface area contributed by atoms with E-state index in [0.29, 0.717) is 0 Å². The van der Waals surface area contributed by atoms with Crippen LogP contribution in [0.15, 0.2) is 0 Å². The van der Waals surface area contributed by atoms with Gasteiger partial charge in [0.1, 0.15) is 0 Å². The topological polar surface area (TPSA) is 149 Å². The molecule has 0 radical (unpaired) electrons. The Hall–Kier alpha value is -0.720. The van der Waals surface area contributed by atoms with Gasteiger partial charge in [0.25, 0.3) is 0 Å². The van der Waals surface area contributed by atoms with Crippen molar-refractivity contribution in [1.82, 2.24) is 0 Å². The van der Waals surface area contributed by atoms with Crippen molar-refractivity contribution in [3.05, 3.63) is 0 Å². The second-order valence-corrected chi connectivity index (χ2v) is 5.95. The Balaban J connectivity index is -0.000000105. The second kappa shape index (κ2) is 26.2. The van der Waals surface area contributed by atoms with Gasteiger partial charge in [-0.05, 0) is 18.8 Å². The van der Waals surface area contributed by atoms with Gasteiger partial charge in [-0.3, -0.25) is 19.2 Å². The highest BCUT2D eigenvalue weighted by molar-refractivity contribution is 7.99. The summed E-state index contributed by atoms with van der Waals surface area (Å²) >= 11 is 7.35. The number of rotatable bonds is 7. The van der Waals surface area contributed by atoms with E-state index < -0.39 is 23.9 Å². The van der Waals surface area contributed by atoms with Crippen molar-refractivity contribution in [2.24, 2.45) is 0 Å².